The van der Waals surface area contributed by atoms with Crippen LogP contribution >= 0.6 is 0 Å². The third-order valence-corrected chi connectivity index (χ3v) is 7.48. The first kappa shape index (κ1) is 23.1. The summed E-state index contributed by atoms with van der Waals surface area (Å²) in [6.45, 7) is 0.667. The van der Waals surface area contributed by atoms with Crippen LogP contribution in [0.2, 0.25) is 0 Å². The smallest absolute Gasteiger partial charge is 0.337 e. The molecule has 4 heteroatoms. The molecule has 0 aliphatic heterocycles. The van der Waals surface area contributed by atoms with Gasteiger partial charge in [0.25, 0.3) is 0 Å². The van der Waals surface area contributed by atoms with Crippen molar-refractivity contribution in [3.63, 3.8) is 0 Å². The molecule has 2 heterocycles. The highest BCUT2D eigenvalue weighted by atomic mass is 16.5. The van der Waals surface area contributed by atoms with Gasteiger partial charge in [0.05, 0.1) is 34.5 Å². The van der Waals surface area contributed by atoms with Crippen molar-refractivity contribution >= 4 is 49.6 Å². The van der Waals surface area contributed by atoms with E-state index >= 15 is 0 Å². The molecular weight excluding hydrogens is 480 g/mol. The summed E-state index contributed by atoms with van der Waals surface area (Å²) in [6, 6.07) is 41.7. The molecule has 0 unspecified atom stereocenters. The highest BCUT2D eigenvalue weighted by molar-refractivity contribution is 6.19. The van der Waals surface area contributed by atoms with Gasteiger partial charge >= 0.3 is 5.97 Å². The average Bonchev–Trinajstić information content (AvgIpc) is 3.00. The molecule has 0 saturated heterocycles. The molecule has 0 amide bonds. The van der Waals surface area contributed by atoms with Crippen LogP contribution in [0.4, 0.5) is 0 Å². The summed E-state index contributed by atoms with van der Waals surface area (Å²) in [5.74, 6) is -0.328. The Balaban J connectivity index is 1.55. The summed E-state index contributed by atoms with van der Waals surface area (Å²) in [6.07, 6.45) is 0. The van der Waals surface area contributed by atoms with E-state index in [2.05, 4.69) is 102 Å². The Labute approximate surface area is 225 Å². The summed E-state index contributed by atoms with van der Waals surface area (Å²) in [5.41, 5.74) is 8.35. The van der Waals surface area contributed by atoms with E-state index in [0.717, 1.165) is 38.4 Å². The zero-order valence-corrected chi connectivity index (χ0v) is 21.5. The van der Waals surface area contributed by atoms with Gasteiger partial charge in [-0.25, -0.2) is 9.78 Å². The molecule has 7 rings (SSSR count). The number of benzene rings is 5. The number of esters is 1. The third-order valence-electron chi connectivity index (χ3n) is 7.48. The number of rotatable bonds is 4. The lowest BCUT2D eigenvalue weighted by Gasteiger charge is -2.16. The van der Waals surface area contributed by atoms with Gasteiger partial charge in [-0.1, -0.05) is 72.8 Å². The fourth-order valence-corrected chi connectivity index (χ4v) is 5.71. The first-order valence-corrected chi connectivity index (χ1v) is 13.0. The Morgan fingerprint density at radius 3 is 1.62 bits per heavy atom. The topological polar surface area (TPSA) is 43.1 Å². The van der Waals surface area contributed by atoms with Gasteiger partial charge in [-0.2, -0.15) is 4.57 Å². The summed E-state index contributed by atoms with van der Waals surface area (Å²) in [4.78, 5) is 16.9. The Hall–Kier alpha value is -5.09. The van der Waals surface area contributed by atoms with E-state index in [-0.39, 0.29) is 5.97 Å². The number of pyridine rings is 2. The van der Waals surface area contributed by atoms with Crippen LogP contribution in [-0.4, -0.2) is 18.1 Å². The van der Waals surface area contributed by atoms with Crippen LogP contribution in [0.1, 0.15) is 15.9 Å². The van der Waals surface area contributed by atoms with E-state index in [1.165, 1.54) is 29.0 Å². The number of ether oxygens (including phenoxy) is 1. The Morgan fingerprint density at radius 1 is 0.615 bits per heavy atom. The van der Waals surface area contributed by atoms with Crippen LogP contribution in [0.25, 0.3) is 54.7 Å². The minimum Gasteiger partial charge on any atom is -0.465 e. The van der Waals surface area contributed by atoms with Crippen molar-refractivity contribution in [2.75, 3.05) is 7.11 Å². The maximum atomic E-state index is 12.0. The van der Waals surface area contributed by atoms with Crippen LogP contribution in [0, 0.1) is 0 Å². The van der Waals surface area contributed by atoms with Gasteiger partial charge in [0.2, 0.25) is 11.0 Å². The molecule has 0 spiro atoms. The van der Waals surface area contributed by atoms with Crippen molar-refractivity contribution in [3.05, 3.63) is 132 Å². The number of carbonyl (C=O) groups excluding carboxylic acids is 1. The molecule has 0 N–H and O–H groups in total. The van der Waals surface area contributed by atoms with Gasteiger partial charge in [-0.3, -0.25) is 0 Å². The van der Waals surface area contributed by atoms with E-state index in [4.69, 9.17) is 9.72 Å². The predicted molar refractivity (Wildman–Crippen MR) is 157 cm³/mol. The molecule has 0 atom stereocenters. The van der Waals surface area contributed by atoms with Crippen LogP contribution in [0.15, 0.2) is 121 Å². The number of carbonyl (C=O) groups is 1. The Morgan fingerprint density at radius 2 is 1.08 bits per heavy atom. The Kier molecular flexibility index (Phi) is 5.52. The van der Waals surface area contributed by atoms with Crippen molar-refractivity contribution in [3.8, 4) is 11.1 Å². The number of para-hydroxylation sites is 4. The first-order valence-electron chi connectivity index (χ1n) is 13.0. The molecular formula is C35H25N2O2+. The van der Waals surface area contributed by atoms with Crippen LogP contribution in [0.3, 0.4) is 0 Å². The molecule has 0 aliphatic rings. The van der Waals surface area contributed by atoms with Gasteiger partial charge in [0, 0.05) is 39.6 Å². The zero-order chi connectivity index (χ0) is 26.3. The molecule has 0 aliphatic carbocycles. The quantitative estimate of drug-likeness (QED) is 0.141. The summed E-state index contributed by atoms with van der Waals surface area (Å²) < 4.78 is 7.25. The third kappa shape index (κ3) is 3.80. The molecule has 2 aromatic heterocycles. The van der Waals surface area contributed by atoms with Crippen molar-refractivity contribution in [1.29, 1.82) is 0 Å². The number of aromatic nitrogens is 2. The maximum absolute atomic E-state index is 12.0. The number of nitrogens with zero attached hydrogens (tertiary/aromatic N) is 2. The molecule has 0 radical (unpaired) electrons. The average molecular weight is 506 g/mol. The van der Waals surface area contributed by atoms with Gasteiger partial charge < -0.3 is 4.74 Å². The van der Waals surface area contributed by atoms with E-state index in [1.807, 2.05) is 24.3 Å². The lowest BCUT2D eigenvalue weighted by atomic mass is 9.90. The first-order chi connectivity index (χ1) is 19.2. The maximum Gasteiger partial charge on any atom is 0.337 e. The minimum atomic E-state index is -0.328. The van der Waals surface area contributed by atoms with Crippen LogP contribution in [0.5, 0.6) is 0 Å². The summed E-state index contributed by atoms with van der Waals surface area (Å²) >= 11 is 0. The SMILES string of the molecule is COC(=O)c1ccc(C[n+]2c3ccccc3c(-c3c4ccccc4nc4ccccc34)c3ccccc32)cc1. The van der Waals surface area contributed by atoms with Crippen molar-refractivity contribution < 1.29 is 14.1 Å². The number of fused-ring (bicyclic) bond motifs is 4. The second-order valence-corrected chi connectivity index (χ2v) is 9.71. The monoisotopic (exact) mass is 505 g/mol. The van der Waals surface area contributed by atoms with Gasteiger partial charge in [0.15, 0.2) is 6.54 Å². The van der Waals surface area contributed by atoms with Crippen molar-refractivity contribution in [2.45, 2.75) is 6.54 Å². The van der Waals surface area contributed by atoms with Crippen LogP contribution in [-0.2, 0) is 11.3 Å². The van der Waals surface area contributed by atoms with E-state index in [0.29, 0.717) is 12.1 Å². The second kappa shape index (κ2) is 9.34. The molecule has 39 heavy (non-hydrogen) atoms. The molecule has 4 nitrogen and oxygen atoms in total. The molecule has 186 valence electrons. The van der Waals surface area contributed by atoms with Gasteiger partial charge in [-0.15, -0.1) is 0 Å². The molecule has 0 saturated carbocycles. The van der Waals surface area contributed by atoms with Crippen molar-refractivity contribution in [2.24, 2.45) is 0 Å². The molecule has 0 fully saturated rings. The normalized spacial score (nSPS) is 11.4. The fourth-order valence-electron chi connectivity index (χ4n) is 5.71. The van der Waals surface area contributed by atoms with Crippen molar-refractivity contribution in [1.82, 2.24) is 4.98 Å². The Bertz CT molecular complexity index is 1930. The lowest BCUT2D eigenvalue weighted by Crippen LogP contribution is -2.36. The largest absolute Gasteiger partial charge is 0.465 e. The number of methoxy groups -OCH3 is 1. The van der Waals surface area contributed by atoms with E-state index < -0.39 is 0 Å². The van der Waals surface area contributed by atoms with Crippen LogP contribution < -0.4 is 4.57 Å². The van der Waals surface area contributed by atoms with E-state index in [9.17, 15) is 4.79 Å². The lowest BCUT2D eigenvalue weighted by molar-refractivity contribution is -0.635. The number of hydrogen-bond donors (Lipinski definition) is 0. The van der Waals surface area contributed by atoms with Gasteiger partial charge in [-0.05, 0) is 36.4 Å². The summed E-state index contributed by atoms with van der Waals surface area (Å²) in [5, 5.41) is 4.65. The highest BCUT2D eigenvalue weighted by Gasteiger charge is 2.24. The fraction of sp³-hybridized carbons (Fsp3) is 0.0571. The molecule has 5 aromatic carbocycles. The highest BCUT2D eigenvalue weighted by Crippen LogP contribution is 2.41. The molecule has 7 aromatic rings. The minimum absolute atomic E-state index is 0.328. The predicted octanol–water partition coefficient (Wildman–Crippen LogP) is 7.48. The molecule has 0 bridgehead atoms. The summed E-state index contributed by atoms with van der Waals surface area (Å²) in [7, 11) is 1.40. The second-order valence-electron chi connectivity index (χ2n) is 9.71. The van der Waals surface area contributed by atoms with Gasteiger partial charge in [0.1, 0.15) is 0 Å². The van der Waals surface area contributed by atoms with E-state index in [1.54, 1.807) is 0 Å². The number of hydrogen-bond acceptors (Lipinski definition) is 3. The standard InChI is InChI=1S/C35H25N2O2/c1-39-35(38)24-20-18-23(19-21-24)22-37-31-16-8-4-12-27(31)34(28-13-5-9-17-32(28)37)33-25-10-2-6-14-29(25)36-30-15-7-3-11-26(30)33/h2-21H,22H2,1H3/q+1. The zero-order valence-electron chi connectivity index (χ0n) is 21.5.